The van der Waals surface area contributed by atoms with Crippen LogP contribution < -0.4 is 4.90 Å². The molecule has 0 fully saturated rings. The summed E-state index contributed by atoms with van der Waals surface area (Å²) >= 11 is 0. The second-order valence-electron chi connectivity index (χ2n) is 6.22. The maximum absolute atomic E-state index is 10.7. The summed E-state index contributed by atoms with van der Waals surface area (Å²) < 4.78 is 1.85. The van der Waals surface area contributed by atoms with Crippen LogP contribution in [-0.4, -0.2) is 27.7 Å². The average Bonchev–Trinajstić information content (AvgIpc) is 3.18. The van der Waals surface area contributed by atoms with E-state index in [0.29, 0.717) is 12.4 Å². The summed E-state index contributed by atoms with van der Waals surface area (Å²) in [6, 6.07) is 18.0. The lowest BCUT2D eigenvalue weighted by atomic mass is 10.2. The Labute approximate surface area is 146 Å². The van der Waals surface area contributed by atoms with Gasteiger partial charge in [-0.15, -0.1) is 0 Å². The van der Waals surface area contributed by atoms with Gasteiger partial charge >= 0.3 is 0 Å². The summed E-state index contributed by atoms with van der Waals surface area (Å²) in [6.07, 6.45) is 0.956. The Morgan fingerprint density at radius 2 is 1.96 bits per heavy atom. The van der Waals surface area contributed by atoms with E-state index in [1.165, 1.54) is 5.56 Å². The number of anilines is 1. The molecule has 0 aliphatic carbocycles. The van der Waals surface area contributed by atoms with Crippen LogP contribution in [0.3, 0.4) is 0 Å². The van der Waals surface area contributed by atoms with Crippen molar-refractivity contribution in [3.63, 3.8) is 0 Å². The van der Waals surface area contributed by atoms with Gasteiger partial charge in [0.25, 0.3) is 0 Å². The summed E-state index contributed by atoms with van der Waals surface area (Å²) in [5.74, 6) is 0.547. The number of aryl methyl sites for hydroxylation is 1. The van der Waals surface area contributed by atoms with Crippen LogP contribution >= 0.6 is 0 Å². The monoisotopic (exact) mass is 330 g/mol. The van der Waals surface area contributed by atoms with Gasteiger partial charge in [0.15, 0.2) is 5.82 Å². The number of aliphatic hydroxyl groups excluding tert-OH is 1. The fourth-order valence-corrected chi connectivity index (χ4v) is 3.44. The molecule has 0 saturated carbocycles. The lowest BCUT2D eigenvalue weighted by Crippen LogP contribution is -2.24. The molecule has 5 heteroatoms. The Kier molecular flexibility index (Phi) is 3.66. The molecule has 0 saturated heterocycles. The van der Waals surface area contributed by atoms with Gasteiger partial charge in [-0.1, -0.05) is 30.3 Å². The van der Waals surface area contributed by atoms with Crippen LogP contribution in [0.25, 0.3) is 16.6 Å². The molecule has 5 nitrogen and oxygen atoms in total. The predicted molar refractivity (Wildman–Crippen MR) is 98.2 cm³/mol. The molecule has 124 valence electrons. The van der Waals surface area contributed by atoms with E-state index in [1.54, 1.807) is 0 Å². The first kappa shape index (κ1) is 15.3. The summed E-state index contributed by atoms with van der Waals surface area (Å²) in [5.41, 5.74) is 4.37. The Bertz CT molecular complexity index is 1030. The van der Waals surface area contributed by atoms with E-state index in [1.807, 2.05) is 48.0 Å². The second-order valence-corrected chi connectivity index (χ2v) is 6.22. The minimum Gasteiger partial charge on any atom is -0.509 e. The summed E-state index contributed by atoms with van der Waals surface area (Å²) in [6.45, 7) is 1.15. The Morgan fingerprint density at radius 3 is 2.76 bits per heavy atom. The standard InChI is InChI=1S/C20H18N4O/c1-23-18-9-5-3-7-16(18)22-20(23)15(12-21)19(25)13-24-11-10-14-6-2-4-8-17(14)24/h2-9,25H,10-11,13H2,1H3/b19-15-. The molecule has 1 N–H and O–H groups in total. The smallest absolute Gasteiger partial charge is 0.155 e. The zero-order valence-electron chi connectivity index (χ0n) is 14.0. The summed E-state index contributed by atoms with van der Waals surface area (Å²) in [7, 11) is 1.86. The Morgan fingerprint density at radius 1 is 1.20 bits per heavy atom. The van der Waals surface area contributed by atoms with Gasteiger partial charge in [-0.05, 0) is 30.2 Å². The first-order valence-electron chi connectivity index (χ1n) is 8.26. The van der Waals surface area contributed by atoms with E-state index in [0.717, 1.165) is 29.7 Å². The molecule has 2 aromatic carbocycles. The summed E-state index contributed by atoms with van der Waals surface area (Å²) in [5, 5.41) is 20.3. The second kappa shape index (κ2) is 5.99. The zero-order valence-corrected chi connectivity index (χ0v) is 14.0. The maximum atomic E-state index is 10.7. The van der Waals surface area contributed by atoms with Crippen LogP contribution in [0.15, 0.2) is 54.3 Å². The van der Waals surface area contributed by atoms with Gasteiger partial charge in [-0.3, -0.25) is 0 Å². The number of imidazole rings is 1. The van der Waals surface area contributed by atoms with Crippen molar-refractivity contribution in [3.8, 4) is 6.07 Å². The number of aliphatic hydroxyl groups is 1. The highest BCUT2D eigenvalue weighted by Gasteiger charge is 2.22. The molecule has 4 rings (SSSR count). The molecule has 0 radical (unpaired) electrons. The highest BCUT2D eigenvalue weighted by Crippen LogP contribution is 2.29. The van der Waals surface area contributed by atoms with Gasteiger partial charge in [-0.2, -0.15) is 5.26 Å². The molecular weight excluding hydrogens is 312 g/mol. The number of fused-ring (bicyclic) bond motifs is 2. The number of aromatic nitrogens is 2. The molecule has 0 atom stereocenters. The first-order chi connectivity index (χ1) is 12.2. The van der Waals surface area contributed by atoms with Crippen LogP contribution in [0.4, 0.5) is 5.69 Å². The number of nitriles is 1. The third-order valence-electron chi connectivity index (χ3n) is 4.74. The number of benzene rings is 2. The average molecular weight is 330 g/mol. The van der Waals surface area contributed by atoms with Gasteiger partial charge < -0.3 is 14.6 Å². The van der Waals surface area contributed by atoms with Gasteiger partial charge in [0.1, 0.15) is 17.4 Å². The normalized spacial score (nSPS) is 14.3. The molecule has 0 bridgehead atoms. The molecular formula is C20H18N4O. The number of nitrogens with zero attached hydrogens (tertiary/aromatic N) is 4. The SMILES string of the molecule is Cn1c(/C(C#N)=C(\O)CN2CCc3ccccc32)nc2ccccc21. The largest absolute Gasteiger partial charge is 0.509 e. The molecule has 2 heterocycles. The van der Waals surface area contributed by atoms with E-state index in [9.17, 15) is 10.4 Å². The molecule has 25 heavy (non-hydrogen) atoms. The molecule has 1 aromatic heterocycles. The maximum Gasteiger partial charge on any atom is 0.155 e. The predicted octanol–water partition coefficient (Wildman–Crippen LogP) is 3.43. The van der Waals surface area contributed by atoms with Gasteiger partial charge in [0.2, 0.25) is 0 Å². The zero-order chi connectivity index (χ0) is 17.4. The molecule has 1 aliphatic rings. The van der Waals surface area contributed by atoms with E-state index in [2.05, 4.69) is 28.1 Å². The van der Waals surface area contributed by atoms with Crippen LogP contribution in [0.2, 0.25) is 0 Å². The molecule has 3 aromatic rings. The van der Waals surface area contributed by atoms with Crippen LogP contribution in [0.1, 0.15) is 11.4 Å². The van der Waals surface area contributed by atoms with Crippen molar-refractivity contribution in [3.05, 3.63) is 65.7 Å². The van der Waals surface area contributed by atoms with E-state index in [-0.39, 0.29) is 11.3 Å². The molecule has 0 unspecified atom stereocenters. The van der Waals surface area contributed by atoms with Crippen molar-refractivity contribution in [2.24, 2.45) is 7.05 Å². The van der Waals surface area contributed by atoms with Gasteiger partial charge in [0.05, 0.1) is 17.6 Å². The minimum absolute atomic E-state index is 0.0533. The number of allylic oxidation sites excluding steroid dienone is 1. The van der Waals surface area contributed by atoms with Gasteiger partial charge in [0, 0.05) is 19.3 Å². The number of para-hydroxylation sites is 3. The van der Waals surface area contributed by atoms with E-state index >= 15 is 0 Å². The highest BCUT2D eigenvalue weighted by molar-refractivity contribution is 5.84. The fraction of sp³-hybridized carbons (Fsp3) is 0.200. The van der Waals surface area contributed by atoms with Gasteiger partial charge in [-0.25, -0.2) is 4.98 Å². The van der Waals surface area contributed by atoms with Crippen molar-refractivity contribution >= 4 is 22.3 Å². The van der Waals surface area contributed by atoms with E-state index in [4.69, 9.17) is 0 Å². The summed E-state index contributed by atoms with van der Waals surface area (Å²) in [4.78, 5) is 6.63. The lowest BCUT2D eigenvalue weighted by molar-refractivity contribution is 0.402. The van der Waals surface area contributed by atoms with Crippen molar-refractivity contribution in [1.29, 1.82) is 5.26 Å². The van der Waals surface area contributed by atoms with Crippen LogP contribution in [0, 0.1) is 11.3 Å². The Hall–Kier alpha value is -3.26. The van der Waals surface area contributed by atoms with Crippen LogP contribution in [0.5, 0.6) is 0 Å². The molecule has 1 aliphatic heterocycles. The molecule has 0 spiro atoms. The number of hydrogen-bond acceptors (Lipinski definition) is 4. The van der Waals surface area contributed by atoms with Crippen molar-refractivity contribution in [2.45, 2.75) is 6.42 Å². The number of rotatable bonds is 3. The first-order valence-corrected chi connectivity index (χ1v) is 8.26. The minimum atomic E-state index is 0.0533. The third kappa shape index (κ3) is 2.52. The fourth-order valence-electron chi connectivity index (χ4n) is 3.44. The molecule has 0 amide bonds. The lowest BCUT2D eigenvalue weighted by Gasteiger charge is -2.19. The number of hydrogen-bond donors (Lipinski definition) is 1. The van der Waals surface area contributed by atoms with Crippen molar-refractivity contribution < 1.29 is 5.11 Å². The van der Waals surface area contributed by atoms with E-state index < -0.39 is 0 Å². The van der Waals surface area contributed by atoms with Crippen molar-refractivity contribution in [1.82, 2.24) is 9.55 Å². The quantitative estimate of drug-likeness (QED) is 0.590. The van der Waals surface area contributed by atoms with Crippen molar-refractivity contribution in [2.75, 3.05) is 18.0 Å². The van der Waals surface area contributed by atoms with Crippen LogP contribution in [-0.2, 0) is 13.5 Å². The Balaban J connectivity index is 1.72. The topological polar surface area (TPSA) is 65.1 Å². The third-order valence-corrected chi connectivity index (χ3v) is 4.74. The highest BCUT2D eigenvalue weighted by atomic mass is 16.3.